The first-order chi connectivity index (χ1) is 18.6. The van der Waals surface area contributed by atoms with Crippen molar-refractivity contribution >= 4 is 40.3 Å². The fourth-order valence-corrected chi connectivity index (χ4v) is 5.46. The summed E-state index contributed by atoms with van der Waals surface area (Å²) in [6.07, 6.45) is 9.31. The van der Waals surface area contributed by atoms with Crippen LogP contribution in [0.5, 0.6) is 5.75 Å². The van der Waals surface area contributed by atoms with Crippen LogP contribution in [0.1, 0.15) is 51.5 Å². The highest BCUT2D eigenvalue weighted by molar-refractivity contribution is 8.26. The summed E-state index contributed by atoms with van der Waals surface area (Å²) in [4.78, 5) is 15.5. The summed E-state index contributed by atoms with van der Waals surface area (Å²) in [6.45, 7) is 6.72. The molecular weight excluding hydrogens is 514 g/mol. The number of hydrogen-bond donors (Lipinski definition) is 0. The van der Waals surface area contributed by atoms with Gasteiger partial charge < -0.3 is 9.47 Å². The van der Waals surface area contributed by atoms with E-state index < -0.39 is 0 Å². The Labute approximate surface area is 235 Å². The summed E-state index contributed by atoms with van der Waals surface area (Å²) in [7, 11) is 0. The van der Waals surface area contributed by atoms with Crippen molar-refractivity contribution in [2.75, 3.05) is 26.4 Å². The molecule has 1 fully saturated rings. The summed E-state index contributed by atoms with van der Waals surface area (Å²) >= 11 is 6.86. The molecule has 2 aromatic carbocycles. The van der Waals surface area contributed by atoms with Crippen LogP contribution in [0.4, 0.5) is 0 Å². The highest BCUT2D eigenvalue weighted by Gasteiger charge is 2.32. The topological polar surface area (TPSA) is 56.6 Å². The molecule has 0 N–H and O–H groups in total. The maximum absolute atomic E-state index is 13.2. The fourth-order valence-electron chi connectivity index (χ4n) is 4.16. The maximum atomic E-state index is 13.2. The minimum atomic E-state index is -0.0678. The average molecular weight is 550 g/mol. The van der Waals surface area contributed by atoms with Gasteiger partial charge in [-0.1, -0.05) is 68.4 Å². The van der Waals surface area contributed by atoms with Crippen molar-refractivity contribution < 1.29 is 14.3 Å². The molecule has 0 unspecified atom stereocenters. The third kappa shape index (κ3) is 7.34. The second-order valence-corrected chi connectivity index (χ2v) is 10.7. The van der Waals surface area contributed by atoms with Crippen LogP contribution in [0.25, 0.3) is 23.0 Å². The molecule has 38 heavy (non-hydrogen) atoms. The lowest BCUT2D eigenvalue weighted by molar-refractivity contribution is -0.122. The maximum Gasteiger partial charge on any atom is 0.266 e. The number of hydrogen-bond acceptors (Lipinski definition) is 6. The van der Waals surface area contributed by atoms with E-state index in [0.29, 0.717) is 29.0 Å². The second-order valence-electron chi connectivity index (χ2n) is 9.03. The minimum absolute atomic E-state index is 0.0678. The second kappa shape index (κ2) is 14.3. The Kier molecular flexibility index (Phi) is 10.6. The third-order valence-electron chi connectivity index (χ3n) is 6.19. The van der Waals surface area contributed by atoms with Crippen LogP contribution in [0, 0.1) is 0 Å². The Morgan fingerprint density at radius 2 is 1.76 bits per heavy atom. The van der Waals surface area contributed by atoms with Gasteiger partial charge in [-0.05, 0) is 62.2 Å². The lowest BCUT2D eigenvalue weighted by Gasteiger charge is -2.13. The zero-order valence-electron chi connectivity index (χ0n) is 22.1. The molecule has 0 spiro atoms. The number of nitrogens with zero attached hydrogens (tertiary/aromatic N) is 3. The van der Waals surface area contributed by atoms with Crippen molar-refractivity contribution in [3.63, 3.8) is 0 Å². The molecule has 1 aliphatic rings. The predicted octanol–water partition coefficient (Wildman–Crippen LogP) is 7.13. The van der Waals surface area contributed by atoms with Crippen LogP contribution < -0.4 is 4.74 Å². The van der Waals surface area contributed by atoms with Gasteiger partial charge in [-0.25, -0.2) is 4.68 Å². The number of rotatable bonds is 14. The Morgan fingerprint density at radius 1 is 0.974 bits per heavy atom. The number of thiocarbonyl (C=S) groups is 1. The van der Waals surface area contributed by atoms with E-state index in [-0.39, 0.29) is 5.91 Å². The zero-order chi connectivity index (χ0) is 26.7. The Balaban J connectivity index is 1.57. The molecule has 200 valence electrons. The minimum Gasteiger partial charge on any atom is -0.494 e. The molecule has 0 radical (unpaired) electrons. The van der Waals surface area contributed by atoms with E-state index in [2.05, 4.69) is 6.92 Å². The van der Waals surface area contributed by atoms with Gasteiger partial charge in [-0.3, -0.25) is 9.69 Å². The molecule has 0 aliphatic carbocycles. The normalized spacial score (nSPS) is 14.6. The van der Waals surface area contributed by atoms with Crippen LogP contribution in [0.2, 0.25) is 0 Å². The van der Waals surface area contributed by atoms with E-state index in [0.717, 1.165) is 47.7 Å². The van der Waals surface area contributed by atoms with Crippen LogP contribution in [0.3, 0.4) is 0 Å². The van der Waals surface area contributed by atoms with E-state index >= 15 is 0 Å². The van der Waals surface area contributed by atoms with Gasteiger partial charge in [0.2, 0.25) is 0 Å². The SMILES string of the molecule is CCCCCCOc1ccc(-c2nn(-c3ccccc3)cc2/C=C2\SC(=S)N(CCCOCC)C2=O)cc1. The van der Waals surface area contributed by atoms with Gasteiger partial charge in [-0.15, -0.1) is 0 Å². The first kappa shape index (κ1) is 28.1. The molecular formula is C30H35N3O3S2. The van der Waals surface area contributed by atoms with Crippen molar-refractivity contribution in [1.29, 1.82) is 0 Å². The zero-order valence-corrected chi connectivity index (χ0v) is 23.7. The molecule has 0 atom stereocenters. The fraction of sp³-hybridized carbons (Fsp3) is 0.367. The average Bonchev–Trinajstić information content (AvgIpc) is 3.48. The van der Waals surface area contributed by atoms with Gasteiger partial charge in [0.05, 0.1) is 22.9 Å². The number of thioether (sulfide) groups is 1. The van der Waals surface area contributed by atoms with Gasteiger partial charge >= 0.3 is 0 Å². The van der Waals surface area contributed by atoms with Crippen LogP contribution in [-0.2, 0) is 9.53 Å². The van der Waals surface area contributed by atoms with Crippen LogP contribution in [-0.4, -0.2) is 51.3 Å². The van der Waals surface area contributed by atoms with Gasteiger partial charge in [0.1, 0.15) is 10.1 Å². The van der Waals surface area contributed by atoms with E-state index in [1.807, 2.05) is 78.5 Å². The molecule has 1 aliphatic heterocycles. The van der Waals surface area contributed by atoms with Crippen LogP contribution in [0.15, 0.2) is 65.7 Å². The van der Waals surface area contributed by atoms with E-state index in [1.54, 1.807) is 4.90 Å². The summed E-state index contributed by atoms with van der Waals surface area (Å²) in [5, 5.41) is 4.90. The number of aromatic nitrogens is 2. The highest BCUT2D eigenvalue weighted by Crippen LogP contribution is 2.35. The summed E-state index contributed by atoms with van der Waals surface area (Å²) in [5.74, 6) is 0.781. The number of carbonyl (C=O) groups excluding carboxylic acids is 1. The Morgan fingerprint density at radius 3 is 2.50 bits per heavy atom. The van der Waals surface area contributed by atoms with Crippen LogP contribution >= 0.6 is 24.0 Å². The molecule has 1 aromatic heterocycles. The summed E-state index contributed by atoms with van der Waals surface area (Å²) < 4.78 is 13.8. The molecule has 1 saturated heterocycles. The predicted molar refractivity (Wildman–Crippen MR) is 160 cm³/mol. The van der Waals surface area contributed by atoms with E-state index in [9.17, 15) is 4.79 Å². The van der Waals surface area contributed by atoms with Crippen molar-refractivity contribution in [3.05, 3.63) is 71.3 Å². The Hall–Kier alpha value is -2.94. The molecule has 0 saturated carbocycles. The number of amides is 1. The molecule has 0 bridgehead atoms. The number of carbonyl (C=O) groups is 1. The number of unbranched alkanes of at least 4 members (excludes halogenated alkanes) is 3. The summed E-state index contributed by atoms with van der Waals surface area (Å²) in [6, 6.07) is 18.0. The van der Waals surface area contributed by atoms with E-state index in [1.165, 1.54) is 31.0 Å². The number of ether oxygens (including phenoxy) is 2. The van der Waals surface area contributed by atoms with Crippen molar-refractivity contribution in [1.82, 2.24) is 14.7 Å². The smallest absolute Gasteiger partial charge is 0.266 e. The third-order valence-corrected chi connectivity index (χ3v) is 7.57. The van der Waals surface area contributed by atoms with Gasteiger partial charge in [0.25, 0.3) is 5.91 Å². The summed E-state index contributed by atoms with van der Waals surface area (Å²) in [5.41, 5.74) is 3.56. The number of para-hydroxylation sites is 1. The van der Waals surface area contributed by atoms with Crippen molar-refractivity contribution in [2.24, 2.45) is 0 Å². The monoisotopic (exact) mass is 549 g/mol. The van der Waals surface area contributed by atoms with Crippen molar-refractivity contribution in [2.45, 2.75) is 46.0 Å². The quantitative estimate of drug-likeness (QED) is 0.121. The molecule has 3 aromatic rings. The largest absolute Gasteiger partial charge is 0.494 e. The molecule has 1 amide bonds. The lowest BCUT2D eigenvalue weighted by atomic mass is 10.1. The molecule has 2 heterocycles. The first-order valence-corrected chi connectivity index (χ1v) is 14.5. The highest BCUT2D eigenvalue weighted by atomic mass is 32.2. The number of benzene rings is 2. The molecule has 6 nitrogen and oxygen atoms in total. The standard InChI is InChI=1S/C30H35N3O3S2/c1-3-5-6-10-20-36-26-16-14-23(15-17-26)28-24(22-33(31-28)25-12-8-7-9-13-25)21-27-29(34)32(30(37)38-27)18-11-19-35-4-2/h7-9,12-17,21-22H,3-6,10-11,18-20H2,1-2H3/b27-21-. The molecule has 4 rings (SSSR count). The van der Waals surface area contributed by atoms with Crippen molar-refractivity contribution in [3.8, 4) is 22.7 Å². The Bertz CT molecular complexity index is 1240. The van der Waals surface area contributed by atoms with Gasteiger partial charge in [0, 0.05) is 37.1 Å². The van der Waals surface area contributed by atoms with Gasteiger partial charge in [-0.2, -0.15) is 5.10 Å². The first-order valence-electron chi connectivity index (χ1n) is 13.3. The van der Waals surface area contributed by atoms with E-state index in [4.69, 9.17) is 26.8 Å². The molecule has 8 heteroatoms. The lowest BCUT2D eigenvalue weighted by Crippen LogP contribution is -2.29. The van der Waals surface area contributed by atoms with Gasteiger partial charge in [0.15, 0.2) is 0 Å².